The van der Waals surface area contributed by atoms with Crippen molar-refractivity contribution in [1.29, 1.82) is 0 Å². The van der Waals surface area contributed by atoms with E-state index in [1.807, 2.05) is 6.92 Å². The van der Waals surface area contributed by atoms with E-state index in [0.717, 1.165) is 6.39 Å². The molecule has 0 aliphatic carbocycles. The molecule has 1 aliphatic heterocycles. The van der Waals surface area contributed by atoms with E-state index in [1.54, 1.807) is 4.90 Å². The lowest BCUT2D eigenvalue weighted by Crippen LogP contribution is -2.41. The van der Waals surface area contributed by atoms with Crippen molar-refractivity contribution in [3.8, 4) is 11.5 Å². The van der Waals surface area contributed by atoms with E-state index in [4.69, 9.17) is 14.3 Å². The highest BCUT2D eigenvalue weighted by atomic mass is 32.2. The number of carbonyl (C=O) groups is 1. The fourth-order valence-corrected chi connectivity index (χ4v) is 3.58. The Labute approximate surface area is 150 Å². The van der Waals surface area contributed by atoms with Crippen LogP contribution in [-0.4, -0.2) is 60.7 Å². The van der Waals surface area contributed by atoms with E-state index in [1.165, 1.54) is 6.07 Å². The molecule has 0 saturated carbocycles. The first-order valence-electron chi connectivity index (χ1n) is 8.12. The number of sulfonamides is 1. The van der Waals surface area contributed by atoms with Gasteiger partial charge in [-0.25, -0.2) is 18.5 Å². The van der Waals surface area contributed by atoms with Gasteiger partial charge in [-0.2, -0.15) is 0 Å². The van der Waals surface area contributed by atoms with Crippen LogP contribution in [0.25, 0.3) is 11.5 Å². The largest absolute Gasteiger partial charge is 0.423 e. The molecule has 0 radical (unpaired) electrons. The van der Waals surface area contributed by atoms with Crippen LogP contribution < -0.4 is 5.14 Å². The lowest BCUT2D eigenvalue weighted by Gasteiger charge is -2.26. The van der Waals surface area contributed by atoms with Gasteiger partial charge in [0.2, 0.25) is 12.3 Å². The second-order valence-electron chi connectivity index (χ2n) is 5.78. The molecule has 1 aliphatic rings. The fourth-order valence-electron chi connectivity index (χ4n) is 2.79. The smallest absolute Gasteiger partial charge is 0.272 e. The first-order valence-corrected chi connectivity index (χ1v) is 9.66. The van der Waals surface area contributed by atoms with E-state index in [0.29, 0.717) is 50.3 Å². The number of nitrogens with two attached hydrogens (primary N) is 1. The number of carbonyl (C=O) groups excluding carboxylic acids is 1. The Bertz CT molecular complexity index is 891. The molecule has 2 aromatic rings. The Hall–Kier alpha value is -2.37. The molecule has 140 valence electrons. The zero-order valence-electron chi connectivity index (χ0n) is 14.2. The maximum absolute atomic E-state index is 12.8. The van der Waals surface area contributed by atoms with Gasteiger partial charge in [0.15, 0.2) is 5.03 Å². The summed E-state index contributed by atoms with van der Waals surface area (Å²) >= 11 is 0. The number of ether oxygens (including phenoxy) is 1. The summed E-state index contributed by atoms with van der Waals surface area (Å²) in [6, 6.07) is 1.48. The van der Waals surface area contributed by atoms with Crippen LogP contribution in [0, 0.1) is 0 Å². The number of nitrogens with zero attached hydrogens (tertiary/aromatic N) is 4. The number of pyridine rings is 1. The van der Waals surface area contributed by atoms with Gasteiger partial charge in [-0.15, -0.1) is 10.2 Å². The summed E-state index contributed by atoms with van der Waals surface area (Å²) in [6.07, 6.45) is 2.15. The van der Waals surface area contributed by atoms with Crippen LogP contribution in [0.4, 0.5) is 0 Å². The van der Waals surface area contributed by atoms with Gasteiger partial charge in [-0.1, -0.05) is 13.3 Å². The second-order valence-corrected chi connectivity index (χ2v) is 7.26. The monoisotopic (exact) mass is 381 g/mol. The molecule has 1 amide bonds. The average Bonchev–Trinajstić information content (AvgIpc) is 3.16. The van der Waals surface area contributed by atoms with Crippen LogP contribution >= 0.6 is 0 Å². The number of rotatable bonds is 5. The molecule has 2 N–H and O–H groups in total. The van der Waals surface area contributed by atoms with Gasteiger partial charge in [0.25, 0.3) is 15.9 Å². The van der Waals surface area contributed by atoms with E-state index in [2.05, 4.69) is 15.2 Å². The van der Waals surface area contributed by atoms with Crippen molar-refractivity contribution in [2.45, 2.75) is 24.8 Å². The van der Waals surface area contributed by atoms with E-state index < -0.39 is 15.9 Å². The van der Waals surface area contributed by atoms with Crippen LogP contribution in [-0.2, 0) is 21.2 Å². The molecule has 0 unspecified atom stereocenters. The Morgan fingerprint density at radius 1 is 1.35 bits per heavy atom. The summed E-state index contributed by atoms with van der Waals surface area (Å²) in [5.41, 5.74) is 0.668. The highest BCUT2D eigenvalue weighted by molar-refractivity contribution is 7.89. The molecule has 26 heavy (non-hydrogen) atoms. The van der Waals surface area contributed by atoms with Crippen LogP contribution in [0.15, 0.2) is 21.9 Å². The Morgan fingerprint density at radius 2 is 2.08 bits per heavy atom. The van der Waals surface area contributed by atoms with E-state index >= 15 is 0 Å². The summed E-state index contributed by atoms with van der Waals surface area (Å²) in [4.78, 5) is 18.4. The molecule has 1 fully saturated rings. The van der Waals surface area contributed by atoms with Crippen molar-refractivity contribution in [1.82, 2.24) is 20.1 Å². The fraction of sp³-hybridized carbons (Fsp3) is 0.467. The zero-order chi connectivity index (χ0) is 18.7. The number of morpholine rings is 1. The molecule has 0 atom stereocenters. The van der Waals surface area contributed by atoms with Crippen molar-refractivity contribution in [3.63, 3.8) is 0 Å². The number of hydrogen-bond donors (Lipinski definition) is 1. The summed E-state index contributed by atoms with van der Waals surface area (Å²) < 4.78 is 34.7. The van der Waals surface area contributed by atoms with Gasteiger partial charge in [-0.05, 0) is 12.5 Å². The minimum absolute atomic E-state index is 0.0380. The van der Waals surface area contributed by atoms with Gasteiger partial charge >= 0.3 is 0 Å². The van der Waals surface area contributed by atoms with Crippen molar-refractivity contribution >= 4 is 15.9 Å². The van der Waals surface area contributed by atoms with Crippen molar-refractivity contribution < 1.29 is 22.4 Å². The molecule has 3 heterocycles. The molecule has 0 aromatic carbocycles. The molecule has 10 nitrogen and oxygen atoms in total. The first-order chi connectivity index (χ1) is 12.4. The Kier molecular flexibility index (Phi) is 5.30. The topological polar surface area (TPSA) is 142 Å². The quantitative estimate of drug-likeness (QED) is 0.774. The van der Waals surface area contributed by atoms with E-state index in [-0.39, 0.29) is 16.6 Å². The van der Waals surface area contributed by atoms with Gasteiger partial charge in [0.05, 0.1) is 13.2 Å². The van der Waals surface area contributed by atoms with Crippen LogP contribution in [0.5, 0.6) is 0 Å². The molecular formula is C15H19N5O5S. The highest BCUT2D eigenvalue weighted by Gasteiger charge is 2.27. The lowest BCUT2D eigenvalue weighted by atomic mass is 10.0. The zero-order valence-corrected chi connectivity index (χ0v) is 15.0. The van der Waals surface area contributed by atoms with Crippen LogP contribution in [0.3, 0.4) is 0 Å². The SMILES string of the molecule is CCCc1c(-c2nnco2)cc(C(=O)N2CCOCC2)nc1S(N)(=O)=O. The minimum atomic E-state index is -4.15. The third-order valence-corrected chi connectivity index (χ3v) is 4.84. The maximum Gasteiger partial charge on any atom is 0.272 e. The molecule has 11 heteroatoms. The third-order valence-electron chi connectivity index (χ3n) is 3.96. The number of hydrogen-bond acceptors (Lipinski definition) is 8. The number of amides is 1. The van der Waals surface area contributed by atoms with Crippen LogP contribution in [0.1, 0.15) is 29.4 Å². The normalized spacial score (nSPS) is 15.2. The molecule has 0 bridgehead atoms. The minimum Gasteiger partial charge on any atom is -0.423 e. The predicted molar refractivity (Wildman–Crippen MR) is 89.6 cm³/mol. The number of aromatic nitrogens is 3. The molecule has 2 aromatic heterocycles. The van der Waals surface area contributed by atoms with Crippen LogP contribution in [0.2, 0.25) is 0 Å². The summed E-state index contributed by atoms with van der Waals surface area (Å²) in [6.45, 7) is 3.52. The Balaban J connectivity index is 2.17. The second kappa shape index (κ2) is 7.48. The van der Waals surface area contributed by atoms with Crippen molar-refractivity contribution in [3.05, 3.63) is 23.7 Å². The molecular weight excluding hydrogens is 362 g/mol. The van der Waals surface area contributed by atoms with Gasteiger partial charge < -0.3 is 14.1 Å². The van der Waals surface area contributed by atoms with Crippen molar-refractivity contribution in [2.75, 3.05) is 26.3 Å². The van der Waals surface area contributed by atoms with Gasteiger partial charge in [0, 0.05) is 24.2 Å². The predicted octanol–water partition coefficient (Wildman–Crippen LogP) is 0.204. The maximum atomic E-state index is 12.8. The average molecular weight is 381 g/mol. The van der Waals surface area contributed by atoms with E-state index in [9.17, 15) is 13.2 Å². The summed E-state index contributed by atoms with van der Waals surface area (Å²) in [5.74, 6) is -0.293. The standard InChI is InChI=1S/C15H19N5O5S/c1-2-3-10-11(13-19-17-9-25-13)8-12(18-14(10)26(16,22)23)15(21)20-4-6-24-7-5-20/h8-9H,2-7H2,1H3,(H2,16,22,23). The number of primary sulfonamides is 1. The molecule has 3 rings (SSSR count). The molecule has 1 saturated heterocycles. The summed E-state index contributed by atoms with van der Waals surface area (Å²) in [7, 11) is -4.15. The first kappa shape index (κ1) is 18.4. The van der Waals surface area contributed by atoms with Crippen molar-refractivity contribution in [2.24, 2.45) is 5.14 Å². The summed E-state index contributed by atoms with van der Waals surface area (Å²) in [5, 5.41) is 12.5. The van der Waals surface area contributed by atoms with Gasteiger partial charge in [0.1, 0.15) is 5.69 Å². The third kappa shape index (κ3) is 3.74. The highest BCUT2D eigenvalue weighted by Crippen LogP contribution is 2.28. The lowest BCUT2D eigenvalue weighted by molar-refractivity contribution is 0.0298. The Morgan fingerprint density at radius 3 is 2.65 bits per heavy atom. The molecule has 0 spiro atoms. The van der Waals surface area contributed by atoms with Gasteiger partial charge in [-0.3, -0.25) is 4.79 Å².